The standard InChI is InChI=1S/C11H15NOS/c1-8-5-4-6-9(2)11(8)13-7-10(14)12-3/h4-6H,7H2,1-3H3,(H,12,14). The molecule has 76 valence electrons. The number of likely N-dealkylation sites (N-methyl/N-ethyl adjacent to an activating group) is 1. The molecule has 1 rings (SSSR count). The van der Waals surface area contributed by atoms with E-state index < -0.39 is 0 Å². The first-order valence-corrected chi connectivity index (χ1v) is 4.95. The third kappa shape index (κ3) is 2.70. The van der Waals surface area contributed by atoms with Crippen molar-refractivity contribution in [3.8, 4) is 5.75 Å². The van der Waals surface area contributed by atoms with Gasteiger partial charge in [0.25, 0.3) is 0 Å². The van der Waals surface area contributed by atoms with E-state index in [9.17, 15) is 0 Å². The lowest BCUT2D eigenvalue weighted by molar-refractivity contribution is 0.370. The van der Waals surface area contributed by atoms with Gasteiger partial charge in [-0.3, -0.25) is 0 Å². The molecule has 3 heteroatoms. The van der Waals surface area contributed by atoms with Crippen LogP contribution in [0.3, 0.4) is 0 Å². The van der Waals surface area contributed by atoms with Gasteiger partial charge in [0.05, 0.1) is 0 Å². The van der Waals surface area contributed by atoms with Gasteiger partial charge in [-0.25, -0.2) is 0 Å². The number of thiocarbonyl (C=S) groups is 1. The molecule has 1 aromatic carbocycles. The largest absolute Gasteiger partial charge is 0.486 e. The molecular weight excluding hydrogens is 194 g/mol. The summed E-state index contributed by atoms with van der Waals surface area (Å²) >= 11 is 5.00. The number of hydrogen-bond donors (Lipinski definition) is 1. The Morgan fingerprint density at radius 1 is 1.36 bits per heavy atom. The van der Waals surface area contributed by atoms with Crippen LogP contribution in [0.5, 0.6) is 5.75 Å². The van der Waals surface area contributed by atoms with Gasteiger partial charge in [0.1, 0.15) is 17.3 Å². The molecule has 0 aromatic heterocycles. The first kappa shape index (κ1) is 11.0. The van der Waals surface area contributed by atoms with E-state index in [0.29, 0.717) is 11.6 Å². The van der Waals surface area contributed by atoms with E-state index in [1.807, 2.05) is 32.0 Å². The van der Waals surface area contributed by atoms with Crippen molar-refractivity contribution in [2.45, 2.75) is 13.8 Å². The number of ether oxygens (including phenoxy) is 1. The number of para-hydroxylation sites is 1. The molecule has 0 aliphatic rings. The van der Waals surface area contributed by atoms with Gasteiger partial charge in [-0.1, -0.05) is 30.4 Å². The third-order valence-electron chi connectivity index (χ3n) is 2.04. The van der Waals surface area contributed by atoms with Gasteiger partial charge in [-0.15, -0.1) is 0 Å². The van der Waals surface area contributed by atoms with Crippen LogP contribution < -0.4 is 10.1 Å². The van der Waals surface area contributed by atoms with Crippen LogP contribution in [0.25, 0.3) is 0 Å². The summed E-state index contributed by atoms with van der Waals surface area (Å²) in [7, 11) is 1.80. The van der Waals surface area contributed by atoms with Gasteiger partial charge in [0.2, 0.25) is 0 Å². The minimum absolute atomic E-state index is 0.442. The highest BCUT2D eigenvalue weighted by molar-refractivity contribution is 7.80. The monoisotopic (exact) mass is 209 g/mol. The molecule has 0 spiro atoms. The highest BCUT2D eigenvalue weighted by Crippen LogP contribution is 2.21. The Hall–Kier alpha value is -1.09. The van der Waals surface area contributed by atoms with Crippen molar-refractivity contribution in [3.63, 3.8) is 0 Å². The summed E-state index contributed by atoms with van der Waals surface area (Å²) in [5.74, 6) is 0.935. The topological polar surface area (TPSA) is 21.3 Å². The Morgan fingerprint density at radius 3 is 2.43 bits per heavy atom. The molecule has 0 saturated carbocycles. The van der Waals surface area contributed by atoms with E-state index in [4.69, 9.17) is 17.0 Å². The molecule has 1 N–H and O–H groups in total. The second-order valence-corrected chi connectivity index (χ2v) is 3.68. The zero-order chi connectivity index (χ0) is 10.6. The van der Waals surface area contributed by atoms with Gasteiger partial charge in [-0.2, -0.15) is 0 Å². The number of hydrogen-bond acceptors (Lipinski definition) is 2. The maximum Gasteiger partial charge on any atom is 0.138 e. The average molecular weight is 209 g/mol. The van der Waals surface area contributed by atoms with E-state index in [0.717, 1.165) is 16.9 Å². The Bertz CT molecular complexity index is 316. The van der Waals surface area contributed by atoms with E-state index in [-0.39, 0.29) is 0 Å². The quantitative estimate of drug-likeness (QED) is 0.771. The van der Waals surface area contributed by atoms with Crippen LogP contribution >= 0.6 is 12.2 Å². The molecule has 0 unspecified atom stereocenters. The molecule has 0 fully saturated rings. The van der Waals surface area contributed by atoms with Crippen molar-refractivity contribution in [3.05, 3.63) is 29.3 Å². The summed E-state index contributed by atoms with van der Waals surface area (Å²) < 4.78 is 5.62. The number of rotatable bonds is 3. The molecule has 0 aliphatic carbocycles. The van der Waals surface area contributed by atoms with E-state index in [1.165, 1.54) is 0 Å². The van der Waals surface area contributed by atoms with Crippen molar-refractivity contribution in [1.82, 2.24) is 5.32 Å². The van der Waals surface area contributed by atoms with E-state index in [2.05, 4.69) is 5.32 Å². The number of nitrogens with one attached hydrogen (secondary N) is 1. The van der Waals surface area contributed by atoms with Crippen LogP contribution in [0.15, 0.2) is 18.2 Å². The van der Waals surface area contributed by atoms with E-state index in [1.54, 1.807) is 7.05 Å². The smallest absolute Gasteiger partial charge is 0.138 e. The van der Waals surface area contributed by atoms with Crippen molar-refractivity contribution in [2.24, 2.45) is 0 Å². The summed E-state index contributed by atoms with van der Waals surface area (Å²) in [5, 5.41) is 2.88. The van der Waals surface area contributed by atoms with Crippen LogP contribution in [0.4, 0.5) is 0 Å². The summed E-state index contributed by atoms with van der Waals surface area (Å²) in [5.41, 5.74) is 2.29. The second-order valence-electron chi connectivity index (χ2n) is 3.18. The predicted octanol–water partition coefficient (Wildman–Crippen LogP) is 2.23. The van der Waals surface area contributed by atoms with Crippen molar-refractivity contribution < 1.29 is 4.74 Å². The Balaban J connectivity index is 2.71. The molecule has 0 bridgehead atoms. The van der Waals surface area contributed by atoms with Crippen molar-refractivity contribution in [2.75, 3.05) is 13.7 Å². The summed E-state index contributed by atoms with van der Waals surface area (Å²) in [6.07, 6.45) is 0. The van der Waals surface area contributed by atoms with Crippen molar-refractivity contribution in [1.29, 1.82) is 0 Å². The fourth-order valence-electron chi connectivity index (χ4n) is 1.24. The first-order chi connectivity index (χ1) is 6.65. The van der Waals surface area contributed by atoms with Gasteiger partial charge in [0, 0.05) is 7.05 Å². The first-order valence-electron chi connectivity index (χ1n) is 4.54. The Morgan fingerprint density at radius 2 is 1.93 bits per heavy atom. The van der Waals surface area contributed by atoms with Crippen LogP contribution in [-0.4, -0.2) is 18.6 Å². The molecule has 1 aromatic rings. The molecule has 14 heavy (non-hydrogen) atoms. The average Bonchev–Trinajstić information content (AvgIpc) is 2.16. The SMILES string of the molecule is CNC(=S)COc1c(C)cccc1C. The lowest BCUT2D eigenvalue weighted by Crippen LogP contribution is -2.23. The maximum absolute atomic E-state index is 5.62. The maximum atomic E-state index is 5.62. The molecule has 0 heterocycles. The molecular formula is C11H15NOS. The minimum atomic E-state index is 0.442. The Kier molecular flexibility index (Phi) is 3.89. The number of aryl methyl sites for hydroxylation is 2. The van der Waals surface area contributed by atoms with Gasteiger partial charge < -0.3 is 10.1 Å². The van der Waals surface area contributed by atoms with Crippen LogP contribution in [0.1, 0.15) is 11.1 Å². The van der Waals surface area contributed by atoms with E-state index >= 15 is 0 Å². The lowest BCUT2D eigenvalue weighted by Gasteiger charge is -2.11. The molecule has 0 saturated heterocycles. The van der Waals surface area contributed by atoms with Crippen LogP contribution in [0, 0.1) is 13.8 Å². The molecule has 0 amide bonds. The van der Waals surface area contributed by atoms with Crippen molar-refractivity contribution >= 4 is 17.2 Å². The van der Waals surface area contributed by atoms with Crippen LogP contribution in [0.2, 0.25) is 0 Å². The highest BCUT2D eigenvalue weighted by atomic mass is 32.1. The third-order valence-corrected chi connectivity index (χ3v) is 2.36. The van der Waals surface area contributed by atoms with Gasteiger partial charge in [-0.05, 0) is 25.0 Å². The van der Waals surface area contributed by atoms with Crippen LogP contribution in [-0.2, 0) is 0 Å². The fraction of sp³-hybridized carbons (Fsp3) is 0.364. The molecule has 0 radical (unpaired) electrons. The highest BCUT2D eigenvalue weighted by Gasteiger charge is 2.03. The fourth-order valence-corrected chi connectivity index (χ4v) is 1.30. The predicted molar refractivity (Wildman–Crippen MR) is 63.1 cm³/mol. The lowest BCUT2D eigenvalue weighted by atomic mass is 10.1. The second kappa shape index (κ2) is 4.96. The Labute approximate surface area is 90.3 Å². The summed E-state index contributed by atoms with van der Waals surface area (Å²) in [4.78, 5) is 0.715. The minimum Gasteiger partial charge on any atom is -0.486 e. The zero-order valence-electron chi connectivity index (χ0n) is 8.76. The molecule has 2 nitrogen and oxygen atoms in total. The molecule has 0 aliphatic heterocycles. The zero-order valence-corrected chi connectivity index (χ0v) is 9.57. The van der Waals surface area contributed by atoms with Gasteiger partial charge >= 0.3 is 0 Å². The number of benzene rings is 1. The summed E-state index contributed by atoms with van der Waals surface area (Å²) in [6, 6.07) is 6.09. The van der Waals surface area contributed by atoms with Gasteiger partial charge in [0.15, 0.2) is 0 Å². The normalized spacial score (nSPS) is 9.64. The molecule has 0 atom stereocenters. The summed E-state index contributed by atoms with van der Waals surface area (Å²) in [6.45, 7) is 4.51.